The summed E-state index contributed by atoms with van der Waals surface area (Å²) in [4.78, 5) is 5.01. The summed E-state index contributed by atoms with van der Waals surface area (Å²) < 4.78 is 7.50. The Labute approximate surface area is 177 Å². The molecule has 0 spiro atoms. The molecule has 0 aliphatic heterocycles. The van der Waals surface area contributed by atoms with Crippen LogP contribution >= 0.6 is 15.8 Å². The van der Waals surface area contributed by atoms with E-state index in [0.717, 1.165) is 22.6 Å². The van der Waals surface area contributed by atoms with Crippen LogP contribution in [0.5, 0.6) is 0 Å². The van der Waals surface area contributed by atoms with Crippen molar-refractivity contribution in [3.63, 3.8) is 0 Å². The van der Waals surface area contributed by atoms with E-state index in [1.54, 1.807) is 0 Å². The van der Waals surface area contributed by atoms with Gasteiger partial charge in [0.2, 0.25) is 0 Å². The van der Waals surface area contributed by atoms with Crippen LogP contribution in [0, 0.1) is 6.65 Å². The van der Waals surface area contributed by atoms with Gasteiger partial charge in [-0.15, -0.1) is 0 Å². The molecule has 0 aromatic carbocycles. The Morgan fingerprint density at radius 3 is 1.27 bits per heavy atom. The van der Waals surface area contributed by atoms with Crippen molar-refractivity contribution >= 4 is 24.3 Å². The number of nitrogens with zero attached hydrogens (tertiary/aromatic N) is 1. The molecule has 1 heterocycles. The van der Waals surface area contributed by atoms with Crippen molar-refractivity contribution in [1.82, 2.24) is 4.98 Å². The molecule has 149 valence electrons. The van der Waals surface area contributed by atoms with E-state index in [4.69, 9.17) is 9.64 Å². The van der Waals surface area contributed by atoms with Gasteiger partial charge in [-0.2, -0.15) is 0 Å². The van der Waals surface area contributed by atoms with Crippen LogP contribution in [0.25, 0.3) is 0 Å². The summed E-state index contributed by atoms with van der Waals surface area (Å²) in [5.41, 5.74) is 5.75. The Morgan fingerprint density at radius 2 is 1.04 bits per heavy atom. The third-order valence-corrected chi connectivity index (χ3v) is 10.9. The van der Waals surface area contributed by atoms with Crippen LogP contribution in [0.1, 0.15) is 66.8 Å². The van der Waals surface area contributed by atoms with Crippen molar-refractivity contribution in [3.05, 3.63) is 36.2 Å². The predicted octanol–water partition coefficient (Wildman–Crippen LogP) is 5.72. The van der Waals surface area contributed by atoms with Crippen molar-refractivity contribution in [3.8, 4) is 0 Å². The number of hydrogen-bond donors (Lipinski definition) is 0. The first-order valence-electron chi connectivity index (χ1n) is 8.89. The van der Waals surface area contributed by atoms with Crippen LogP contribution in [0.3, 0.4) is 0 Å². The van der Waals surface area contributed by atoms with Gasteiger partial charge in [0.25, 0.3) is 0 Å². The first kappa shape index (κ1) is 31.0. The second kappa shape index (κ2) is 16.3. The van der Waals surface area contributed by atoms with Gasteiger partial charge in [-0.1, -0.05) is 77.3 Å². The number of pyridine rings is 1. The molecule has 0 fully saturated rings. The van der Waals surface area contributed by atoms with E-state index in [0.29, 0.717) is 0 Å². The van der Waals surface area contributed by atoms with Crippen molar-refractivity contribution in [2.45, 2.75) is 90.3 Å². The molecule has 0 aliphatic rings. The Balaban J connectivity index is -0.00000127. The molecule has 26 heavy (non-hydrogen) atoms. The summed E-state index contributed by atoms with van der Waals surface area (Å²) in [6.07, 6.45) is 2.36. The van der Waals surface area contributed by atoms with Crippen molar-refractivity contribution in [2.75, 3.05) is 0 Å². The summed E-state index contributed by atoms with van der Waals surface area (Å²) in [5.74, 6) is 0. The van der Waals surface area contributed by atoms with E-state index < -0.39 is 0 Å². The van der Waals surface area contributed by atoms with E-state index in [9.17, 15) is 0 Å². The Kier molecular flexibility index (Phi) is 19.5. The van der Waals surface area contributed by atoms with Crippen LogP contribution in [0.2, 0.25) is 0 Å². The molecule has 0 unspecified atom stereocenters. The van der Waals surface area contributed by atoms with Gasteiger partial charge in [0.1, 0.15) is 0 Å². The molecule has 1 aromatic heterocycles. The topological polar surface area (TPSA) is 32.8 Å². The zero-order chi connectivity index (χ0) is 18.9. The monoisotopic (exact) mass is 436 g/mol. The number of rotatable bonds is 8. The van der Waals surface area contributed by atoms with Crippen molar-refractivity contribution < 1.29 is 21.7 Å². The molecule has 0 aliphatic carbocycles. The minimum absolute atomic E-state index is 0. The van der Waals surface area contributed by atoms with Crippen LogP contribution in [0.15, 0.2) is 18.2 Å². The maximum absolute atomic E-state index is 7.50. The Morgan fingerprint density at radius 1 is 0.769 bits per heavy atom. The molecular formula is C20H37BFeNOP2. The minimum atomic E-state index is 0. The van der Waals surface area contributed by atoms with Gasteiger partial charge in [0.15, 0.2) is 0 Å². The summed E-state index contributed by atoms with van der Waals surface area (Å²) in [7, 11) is 0.0605. The molecule has 0 saturated heterocycles. The summed E-state index contributed by atoms with van der Waals surface area (Å²) >= 11 is 0. The molecule has 0 amide bonds. The standard InChI is InChI=1S/C19H35NP2.CO.B.Fe.2H/c1-14(2)21(15(3)4)12-18-10-9-11-19(20-18)13-22(16(5)6)17(7)8;1-2;;;;/h9-11,14-17H,12-13H2,1-8H3;;;;;. The second-order valence-electron chi connectivity index (χ2n) is 7.34. The van der Waals surface area contributed by atoms with E-state index in [2.05, 4.69) is 80.2 Å². The quantitative estimate of drug-likeness (QED) is 0.222. The molecule has 3 radical (unpaired) electrons. The fourth-order valence-electron chi connectivity index (χ4n) is 3.00. The third kappa shape index (κ3) is 11.2. The molecule has 6 heteroatoms. The average molecular weight is 436 g/mol. The molecule has 1 rings (SSSR count). The third-order valence-electron chi connectivity index (χ3n) is 4.21. The number of hydrogen-bond acceptors (Lipinski definition) is 1. The Bertz CT molecular complexity index is 442. The van der Waals surface area contributed by atoms with Gasteiger partial charge < -0.3 is 0 Å². The average Bonchev–Trinajstić information content (AvgIpc) is 2.51. The van der Waals surface area contributed by atoms with Gasteiger partial charge >= 0.3 is 28.4 Å². The van der Waals surface area contributed by atoms with Crippen LogP contribution in [-0.4, -0.2) is 36.0 Å². The van der Waals surface area contributed by atoms with Gasteiger partial charge in [-0.05, 0) is 34.8 Å². The summed E-state index contributed by atoms with van der Waals surface area (Å²) in [6, 6.07) is 6.69. The SMILES string of the molecule is CC(C)P(Cc1cccc(CP(C(C)C)C(C)C)n1)C(C)C.[B].[C-]#[O+].[FeH2]. The molecule has 2 nitrogen and oxygen atoms in total. The Hall–Kier alpha value is 0.334. The predicted molar refractivity (Wildman–Crippen MR) is 119 cm³/mol. The first-order valence-corrected chi connectivity index (χ1v) is 12.2. The first-order chi connectivity index (χ1) is 11.2. The molecule has 0 atom stereocenters. The zero-order valence-electron chi connectivity index (χ0n) is 17.7. The fourth-order valence-corrected chi connectivity index (χ4v) is 7.95. The summed E-state index contributed by atoms with van der Waals surface area (Å²) in [6.45, 7) is 23.4. The van der Waals surface area contributed by atoms with Crippen LogP contribution < -0.4 is 0 Å². The zero-order valence-corrected chi connectivity index (χ0v) is 20.8. The van der Waals surface area contributed by atoms with Gasteiger partial charge in [0.05, 0.1) is 0 Å². The van der Waals surface area contributed by atoms with E-state index in [1.807, 2.05) is 0 Å². The second-order valence-corrected chi connectivity index (χ2v) is 14.2. The van der Waals surface area contributed by atoms with E-state index in [-0.39, 0.29) is 41.3 Å². The van der Waals surface area contributed by atoms with E-state index >= 15 is 0 Å². The molecule has 1 aromatic rings. The molecule has 0 saturated carbocycles. The maximum atomic E-state index is 7.50. The molecular weight excluding hydrogens is 399 g/mol. The normalized spacial score (nSPS) is 10.8. The molecule has 0 bridgehead atoms. The fraction of sp³-hybridized carbons (Fsp3) is 0.700. The summed E-state index contributed by atoms with van der Waals surface area (Å²) in [5, 5.41) is 0. The van der Waals surface area contributed by atoms with Gasteiger partial charge in [-0.3, -0.25) is 4.98 Å². The van der Waals surface area contributed by atoms with Crippen LogP contribution in [-0.2, 0) is 34.0 Å². The van der Waals surface area contributed by atoms with Crippen LogP contribution in [0.4, 0.5) is 0 Å². The van der Waals surface area contributed by atoms with Gasteiger partial charge in [0, 0.05) is 32.1 Å². The van der Waals surface area contributed by atoms with E-state index in [1.165, 1.54) is 23.7 Å². The van der Waals surface area contributed by atoms with Crippen molar-refractivity contribution in [2.24, 2.45) is 0 Å². The van der Waals surface area contributed by atoms with Crippen molar-refractivity contribution in [1.29, 1.82) is 0 Å². The molecule has 0 N–H and O–H groups in total. The van der Waals surface area contributed by atoms with Gasteiger partial charge in [-0.25, -0.2) is 0 Å². The number of aromatic nitrogens is 1.